The molecule has 0 spiro atoms. The van der Waals surface area contributed by atoms with Gasteiger partial charge in [0.05, 0.1) is 0 Å². The summed E-state index contributed by atoms with van der Waals surface area (Å²) in [6.45, 7) is 2.95. The zero-order valence-corrected chi connectivity index (χ0v) is 14.2. The Balaban J connectivity index is 2.22. The van der Waals surface area contributed by atoms with Crippen LogP contribution in [-0.4, -0.2) is 6.54 Å². The molecule has 2 aromatic carbocycles. The summed E-state index contributed by atoms with van der Waals surface area (Å²) in [4.78, 5) is 0. The van der Waals surface area contributed by atoms with Gasteiger partial charge in [0, 0.05) is 21.1 Å². The van der Waals surface area contributed by atoms with Gasteiger partial charge < -0.3 is 5.32 Å². The number of benzene rings is 2. The third-order valence-corrected chi connectivity index (χ3v) is 4.10. The van der Waals surface area contributed by atoms with Crippen LogP contribution in [0, 0.1) is 5.82 Å². The van der Waals surface area contributed by atoms with Crippen molar-refractivity contribution in [2.75, 3.05) is 6.54 Å². The first-order valence-corrected chi connectivity index (χ1v) is 8.20. The topological polar surface area (TPSA) is 12.0 Å². The molecule has 4 heteroatoms. The van der Waals surface area contributed by atoms with Gasteiger partial charge in [0.15, 0.2) is 0 Å². The summed E-state index contributed by atoms with van der Waals surface area (Å²) in [6, 6.07) is 12.9. The minimum atomic E-state index is -0.256. The van der Waals surface area contributed by atoms with Crippen molar-refractivity contribution in [3.05, 3.63) is 68.9 Å². The minimum absolute atomic E-state index is 0.0524. The van der Waals surface area contributed by atoms with Crippen molar-refractivity contribution in [1.29, 1.82) is 0 Å². The summed E-state index contributed by atoms with van der Waals surface area (Å²) < 4.78 is 15.2. The van der Waals surface area contributed by atoms with E-state index in [1.807, 2.05) is 12.1 Å². The molecule has 1 N–H and O–H groups in total. The molecule has 0 aliphatic carbocycles. The molecule has 0 saturated heterocycles. The molecule has 2 rings (SSSR count). The highest BCUT2D eigenvalue weighted by atomic mass is 79.9. The molecule has 0 amide bonds. The highest BCUT2D eigenvalue weighted by Crippen LogP contribution is 2.24. The van der Waals surface area contributed by atoms with Crippen LogP contribution in [0.2, 0.25) is 5.02 Å². The SMILES string of the molecule is CCCNC(Cc1ccc(Br)cc1)c1ccc(Cl)cc1F. The lowest BCUT2D eigenvalue weighted by molar-refractivity contribution is 0.497. The third-order valence-electron chi connectivity index (χ3n) is 3.33. The van der Waals surface area contributed by atoms with Crippen molar-refractivity contribution in [3.8, 4) is 0 Å². The molecule has 1 atom stereocenters. The fourth-order valence-electron chi connectivity index (χ4n) is 2.25. The maximum absolute atomic E-state index is 14.2. The van der Waals surface area contributed by atoms with Crippen LogP contribution in [0.4, 0.5) is 4.39 Å². The van der Waals surface area contributed by atoms with E-state index < -0.39 is 0 Å². The molecule has 1 nitrogen and oxygen atoms in total. The molecule has 0 aliphatic heterocycles. The van der Waals surface area contributed by atoms with Crippen LogP contribution in [0.25, 0.3) is 0 Å². The Morgan fingerprint density at radius 2 is 1.90 bits per heavy atom. The summed E-state index contributed by atoms with van der Waals surface area (Å²) in [5, 5.41) is 3.84. The Morgan fingerprint density at radius 1 is 1.19 bits per heavy atom. The summed E-state index contributed by atoms with van der Waals surface area (Å²) in [7, 11) is 0. The fourth-order valence-corrected chi connectivity index (χ4v) is 2.67. The van der Waals surface area contributed by atoms with Gasteiger partial charge in [-0.3, -0.25) is 0 Å². The average molecular weight is 371 g/mol. The van der Waals surface area contributed by atoms with Crippen LogP contribution in [-0.2, 0) is 6.42 Å². The lowest BCUT2D eigenvalue weighted by atomic mass is 9.98. The molecule has 0 radical (unpaired) electrons. The van der Waals surface area contributed by atoms with Gasteiger partial charge in [-0.15, -0.1) is 0 Å². The predicted molar refractivity (Wildman–Crippen MR) is 90.3 cm³/mol. The van der Waals surface area contributed by atoms with Crippen molar-refractivity contribution in [2.24, 2.45) is 0 Å². The van der Waals surface area contributed by atoms with Crippen LogP contribution >= 0.6 is 27.5 Å². The molecule has 0 bridgehead atoms. The van der Waals surface area contributed by atoms with E-state index >= 15 is 0 Å². The maximum atomic E-state index is 14.2. The second kappa shape index (κ2) is 7.92. The first-order valence-electron chi connectivity index (χ1n) is 7.03. The lowest BCUT2D eigenvalue weighted by Crippen LogP contribution is -2.25. The van der Waals surface area contributed by atoms with E-state index in [2.05, 4.69) is 40.3 Å². The van der Waals surface area contributed by atoms with Crippen LogP contribution in [0.3, 0.4) is 0 Å². The molecule has 1 unspecified atom stereocenters. The zero-order chi connectivity index (χ0) is 15.2. The van der Waals surface area contributed by atoms with E-state index in [0.717, 1.165) is 23.9 Å². The molecule has 0 saturated carbocycles. The predicted octanol–water partition coefficient (Wildman–Crippen LogP) is 5.53. The standard InChI is InChI=1S/C17H18BrClFN/c1-2-9-21-17(10-12-3-5-13(18)6-4-12)15-8-7-14(19)11-16(15)20/h3-8,11,17,21H,2,9-10H2,1H3. The summed E-state index contributed by atoms with van der Waals surface area (Å²) in [6.07, 6.45) is 1.75. The largest absolute Gasteiger partial charge is 0.310 e. The van der Waals surface area contributed by atoms with Crippen molar-refractivity contribution >= 4 is 27.5 Å². The molecule has 112 valence electrons. The first kappa shape index (κ1) is 16.5. The van der Waals surface area contributed by atoms with Crippen molar-refractivity contribution in [1.82, 2.24) is 5.32 Å². The quantitative estimate of drug-likeness (QED) is 0.705. The summed E-state index contributed by atoms with van der Waals surface area (Å²) in [5.74, 6) is -0.256. The third kappa shape index (κ3) is 4.80. The second-order valence-corrected chi connectivity index (χ2v) is 6.36. The van der Waals surface area contributed by atoms with Crippen LogP contribution in [0.5, 0.6) is 0 Å². The van der Waals surface area contributed by atoms with E-state index in [9.17, 15) is 4.39 Å². The van der Waals surface area contributed by atoms with Crippen LogP contribution in [0.1, 0.15) is 30.5 Å². The second-order valence-electron chi connectivity index (χ2n) is 5.00. The highest BCUT2D eigenvalue weighted by Gasteiger charge is 2.16. The van der Waals surface area contributed by atoms with Gasteiger partial charge in [-0.2, -0.15) is 0 Å². The Hall–Kier alpha value is -0.900. The molecule has 0 fully saturated rings. The maximum Gasteiger partial charge on any atom is 0.129 e. The van der Waals surface area contributed by atoms with Crippen molar-refractivity contribution < 1.29 is 4.39 Å². The van der Waals surface area contributed by atoms with Gasteiger partial charge in [0.1, 0.15) is 5.82 Å². The van der Waals surface area contributed by atoms with E-state index in [-0.39, 0.29) is 11.9 Å². The zero-order valence-electron chi connectivity index (χ0n) is 11.9. The van der Waals surface area contributed by atoms with Gasteiger partial charge in [-0.1, -0.05) is 52.7 Å². The Bertz CT molecular complexity index is 586. The van der Waals surface area contributed by atoms with Crippen molar-refractivity contribution in [3.63, 3.8) is 0 Å². The number of hydrogen-bond donors (Lipinski definition) is 1. The smallest absolute Gasteiger partial charge is 0.129 e. The number of nitrogens with one attached hydrogen (secondary N) is 1. The number of halogens is 3. The van der Waals surface area contributed by atoms with Gasteiger partial charge in [0.2, 0.25) is 0 Å². The molecule has 21 heavy (non-hydrogen) atoms. The van der Waals surface area contributed by atoms with E-state index in [0.29, 0.717) is 10.6 Å². The van der Waals surface area contributed by atoms with Crippen LogP contribution in [0.15, 0.2) is 46.9 Å². The number of rotatable bonds is 6. The van der Waals surface area contributed by atoms with Gasteiger partial charge in [0.25, 0.3) is 0 Å². The van der Waals surface area contributed by atoms with Crippen molar-refractivity contribution in [2.45, 2.75) is 25.8 Å². The normalized spacial score (nSPS) is 12.4. The molecule has 2 aromatic rings. The number of hydrogen-bond acceptors (Lipinski definition) is 1. The van der Waals surface area contributed by atoms with Crippen LogP contribution < -0.4 is 5.32 Å². The Labute approximate surface area is 138 Å². The highest BCUT2D eigenvalue weighted by molar-refractivity contribution is 9.10. The Morgan fingerprint density at radius 3 is 2.52 bits per heavy atom. The molecule has 0 aliphatic rings. The van der Waals surface area contributed by atoms with E-state index in [4.69, 9.17) is 11.6 Å². The Kier molecular flexibility index (Phi) is 6.22. The first-order chi connectivity index (χ1) is 10.1. The average Bonchev–Trinajstić information content (AvgIpc) is 2.46. The monoisotopic (exact) mass is 369 g/mol. The summed E-state index contributed by atoms with van der Waals surface area (Å²) in [5.41, 5.74) is 1.83. The van der Waals surface area contributed by atoms with Gasteiger partial charge in [-0.05, 0) is 49.2 Å². The molecule has 0 aromatic heterocycles. The van der Waals surface area contributed by atoms with E-state index in [1.54, 1.807) is 12.1 Å². The van der Waals surface area contributed by atoms with Gasteiger partial charge >= 0.3 is 0 Å². The van der Waals surface area contributed by atoms with Gasteiger partial charge in [-0.25, -0.2) is 4.39 Å². The molecular formula is C17H18BrClFN. The summed E-state index contributed by atoms with van der Waals surface area (Å²) >= 11 is 9.27. The molecular weight excluding hydrogens is 353 g/mol. The van der Waals surface area contributed by atoms with E-state index in [1.165, 1.54) is 11.6 Å². The minimum Gasteiger partial charge on any atom is -0.310 e. The fraction of sp³-hybridized carbons (Fsp3) is 0.294. The molecule has 0 heterocycles. The lowest BCUT2D eigenvalue weighted by Gasteiger charge is -2.20.